The van der Waals surface area contributed by atoms with Gasteiger partial charge in [-0.1, -0.05) is 18.9 Å². The second-order valence-corrected chi connectivity index (χ2v) is 4.19. The van der Waals surface area contributed by atoms with E-state index in [2.05, 4.69) is 0 Å². The number of aliphatic carboxylic acids is 1. The van der Waals surface area contributed by atoms with Gasteiger partial charge in [-0.15, -0.1) is 0 Å². The second kappa shape index (κ2) is 3.85. The van der Waals surface area contributed by atoms with Crippen LogP contribution < -0.4 is 0 Å². The van der Waals surface area contributed by atoms with E-state index in [0.717, 1.165) is 12.1 Å². The van der Waals surface area contributed by atoms with Crippen LogP contribution in [0.15, 0.2) is 18.2 Å². The lowest BCUT2D eigenvalue weighted by Gasteiger charge is -2.25. The second-order valence-electron chi connectivity index (χ2n) is 4.19. The van der Waals surface area contributed by atoms with Crippen LogP contribution in [0.1, 0.15) is 31.2 Å². The van der Waals surface area contributed by atoms with Crippen LogP contribution in [-0.4, -0.2) is 11.1 Å². The summed E-state index contributed by atoms with van der Waals surface area (Å²) >= 11 is 0. The number of rotatable bonds is 2. The average Bonchev–Trinajstić information content (AvgIpc) is 2.67. The first-order valence-corrected chi connectivity index (χ1v) is 5.26. The Morgan fingerprint density at radius 2 is 1.69 bits per heavy atom. The zero-order valence-corrected chi connectivity index (χ0v) is 8.67. The van der Waals surface area contributed by atoms with Crippen molar-refractivity contribution in [3.63, 3.8) is 0 Å². The Hall–Kier alpha value is -1.45. The number of hydrogen-bond donors (Lipinski definition) is 1. The summed E-state index contributed by atoms with van der Waals surface area (Å²) in [6, 6.07) is 3.47. The monoisotopic (exact) mass is 226 g/mol. The number of carbonyl (C=O) groups is 1. The highest BCUT2D eigenvalue weighted by molar-refractivity contribution is 5.82. The third kappa shape index (κ3) is 1.49. The number of carboxylic acid groups (broad SMARTS) is 1. The highest BCUT2D eigenvalue weighted by Crippen LogP contribution is 2.43. The molecule has 4 heteroatoms. The largest absolute Gasteiger partial charge is 0.481 e. The van der Waals surface area contributed by atoms with E-state index in [4.69, 9.17) is 0 Å². The minimum absolute atomic E-state index is 0.278. The minimum atomic E-state index is -1.37. The van der Waals surface area contributed by atoms with Crippen LogP contribution in [0.2, 0.25) is 0 Å². The molecule has 0 aliphatic heterocycles. The first kappa shape index (κ1) is 11.0. The van der Waals surface area contributed by atoms with Crippen LogP contribution in [0.3, 0.4) is 0 Å². The first-order chi connectivity index (χ1) is 7.58. The van der Waals surface area contributed by atoms with Gasteiger partial charge in [0.2, 0.25) is 0 Å². The lowest BCUT2D eigenvalue weighted by Crippen LogP contribution is -2.34. The van der Waals surface area contributed by atoms with E-state index in [-0.39, 0.29) is 5.56 Å². The molecule has 16 heavy (non-hydrogen) atoms. The van der Waals surface area contributed by atoms with Crippen LogP contribution in [0.4, 0.5) is 8.78 Å². The molecular weight excluding hydrogens is 214 g/mol. The molecule has 86 valence electrons. The Morgan fingerprint density at radius 1 is 1.19 bits per heavy atom. The molecule has 1 saturated carbocycles. The fraction of sp³-hybridized carbons (Fsp3) is 0.417. The number of halogens is 2. The smallest absolute Gasteiger partial charge is 0.314 e. The first-order valence-electron chi connectivity index (χ1n) is 5.26. The normalized spacial score (nSPS) is 18.6. The van der Waals surface area contributed by atoms with Gasteiger partial charge in [-0.05, 0) is 25.0 Å². The van der Waals surface area contributed by atoms with E-state index in [1.807, 2.05) is 0 Å². The number of benzene rings is 1. The Bertz CT molecular complexity index is 403. The molecule has 0 amide bonds. The lowest BCUT2D eigenvalue weighted by atomic mass is 9.78. The fourth-order valence-corrected chi connectivity index (χ4v) is 2.50. The topological polar surface area (TPSA) is 37.3 Å². The molecule has 0 heterocycles. The number of hydrogen-bond acceptors (Lipinski definition) is 1. The molecule has 1 aromatic rings. The van der Waals surface area contributed by atoms with Gasteiger partial charge in [-0.25, -0.2) is 8.78 Å². The molecule has 0 atom stereocenters. The lowest BCUT2D eigenvalue weighted by molar-refractivity contribution is -0.143. The predicted molar refractivity (Wildman–Crippen MR) is 54.1 cm³/mol. The number of carboxylic acids is 1. The summed E-state index contributed by atoms with van der Waals surface area (Å²) in [7, 11) is 0. The molecule has 0 spiro atoms. The standard InChI is InChI=1S/C12H12F2O2/c13-8-4-3-5-9(14)10(8)12(11(15)16)6-1-2-7-12/h3-5H,1-2,6-7H2,(H,15,16). The van der Waals surface area contributed by atoms with Crippen molar-refractivity contribution in [2.24, 2.45) is 0 Å². The summed E-state index contributed by atoms with van der Waals surface area (Å²) < 4.78 is 27.2. The SMILES string of the molecule is O=C(O)C1(c2c(F)cccc2F)CCCC1. The predicted octanol–water partition coefficient (Wildman–Crippen LogP) is 2.86. The quantitative estimate of drug-likeness (QED) is 0.841. The molecule has 0 aromatic heterocycles. The molecule has 0 saturated heterocycles. The highest BCUT2D eigenvalue weighted by Gasteiger charge is 2.46. The van der Waals surface area contributed by atoms with Gasteiger partial charge in [-0.3, -0.25) is 4.79 Å². The summed E-state index contributed by atoms with van der Waals surface area (Å²) in [6.07, 6.45) is 2.00. The van der Waals surface area contributed by atoms with Gasteiger partial charge in [0.1, 0.15) is 11.6 Å². The molecule has 1 fully saturated rings. The Balaban J connectivity index is 2.60. The summed E-state index contributed by atoms with van der Waals surface area (Å²) in [5, 5.41) is 9.23. The van der Waals surface area contributed by atoms with Crippen molar-refractivity contribution in [1.29, 1.82) is 0 Å². The maximum Gasteiger partial charge on any atom is 0.314 e. The van der Waals surface area contributed by atoms with Gasteiger partial charge in [0.25, 0.3) is 0 Å². The van der Waals surface area contributed by atoms with Gasteiger partial charge in [0.15, 0.2) is 0 Å². The van der Waals surface area contributed by atoms with E-state index >= 15 is 0 Å². The van der Waals surface area contributed by atoms with Gasteiger partial charge in [0, 0.05) is 5.56 Å². The Labute approximate surface area is 91.9 Å². The van der Waals surface area contributed by atoms with Crippen LogP contribution in [-0.2, 0) is 10.2 Å². The van der Waals surface area contributed by atoms with Gasteiger partial charge in [0.05, 0.1) is 5.41 Å². The maximum absolute atomic E-state index is 13.6. The van der Waals surface area contributed by atoms with Crippen LogP contribution in [0.5, 0.6) is 0 Å². The molecule has 0 bridgehead atoms. The molecular formula is C12H12F2O2. The van der Waals surface area contributed by atoms with E-state index in [0.29, 0.717) is 25.7 Å². The van der Waals surface area contributed by atoms with E-state index in [9.17, 15) is 18.7 Å². The molecule has 0 unspecified atom stereocenters. The highest BCUT2D eigenvalue weighted by atomic mass is 19.1. The molecule has 1 aliphatic rings. The van der Waals surface area contributed by atoms with Crippen LogP contribution >= 0.6 is 0 Å². The average molecular weight is 226 g/mol. The van der Waals surface area contributed by atoms with Crippen LogP contribution in [0.25, 0.3) is 0 Å². The van der Waals surface area contributed by atoms with Gasteiger partial charge in [-0.2, -0.15) is 0 Å². The van der Waals surface area contributed by atoms with E-state index in [1.165, 1.54) is 6.07 Å². The Kier molecular flexibility index (Phi) is 2.66. The third-order valence-corrected chi connectivity index (χ3v) is 3.31. The Morgan fingerprint density at radius 3 is 2.12 bits per heavy atom. The zero-order valence-electron chi connectivity index (χ0n) is 8.67. The third-order valence-electron chi connectivity index (χ3n) is 3.31. The van der Waals surface area contributed by atoms with Crippen molar-refractivity contribution < 1.29 is 18.7 Å². The van der Waals surface area contributed by atoms with Gasteiger partial charge >= 0.3 is 5.97 Å². The van der Waals surface area contributed by atoms with Crippen molar-refractivity contribution in [3.8, 4) is 0 Å². The summed E-state index contributed by atoms with van der Waals surface area (Å²) in [5.74, 6) is -2.65. The van der Waals surface area contributed by atoms with E-state index in [1.54, 1.807) is 0 Å². The summed E-state index contributed by atoms with van der Waals surface area (Å²) in [4.78, 5) is 11.3. The fourth-order valence-electron chi connectivity index (χ4n) is 2.50. The molecule has 1 aromatic carbocycles. The molecule has 2 nitrogen and oxygen atoms in total. The van der Waals surface area contributed by atoms with Gasteiger partial charge < -0.3 is 5.11 Å². The van der Waals surface area contributed by atoms with Crippen molar-refractivity contribution in [2.45, 2.75) is 31.1 Å². The summed E-state index contributed by atoms with van der Waals surface area (Å²) in [5.41, 5.74) is -1.64. The molecule has 1 N–H and O–H groups in total. The van der Waals surface area contributed by atoms with Crippen molar-refractivity contribution in [3.05, 3.63) is 35.4 Å². The van der Waals surface area contributed by atoms with Crippen molar-refractivity contribution in [1.82, 2.24) is 0 Å². The summed E-state index contributed by atoms with van der Waals surface area (Å²) in [6.45, 7) is 0. The van der Waals surface area contributed by atoms with Crippen molar-refractivity contribution in [2.75, 3.05) is 0 Å². The van der Waals surface area contributed by atoms with E-state index < -0.39 is 23.0 Å². The zero-order chi connectivity index (χ0) is 11.8. The molecule has 1 aliphatic carbocycles. The van der Waals surface area contributed by atoms with Crippen LogP contribution in [0, 0.1) is 11.6 Å². The minimum Gasteiger partial charge on any atom is -0.481 e. The maximum atomic E-state index is 13.6. The molecule has 0 radical (unpaired) electrons. The molecule has 2 rings (SSSR count). The van der Waals surface area contributed by atoms with Crippen molar-refractivity contribution >= 4 is 5.97 Å².